The average Bonchev–Trinajstić information content (AvgIpc) is 2.60. The zero-order valence-corrected chi connectivity index (χ0v) is 14.2. The highest BCUT2D eigenvalue weighted by molar-refractivity contribution is 5.94. The Hall–Kier alpha value is -2.49. The van der Waals surface area contributed by atoms with Crippen LogP contribution >= 0.6 is 0 Å². The predicted molar refractivity (Wildman–Crippen MR) is 93.4 cm³/mol. The number of esters is 1. The molecule has 4 heteroatoms. The molecule has 4 nitrogen and oxygen atoms in total. The number of unbranched alkanes of at least 4 members (excludes halogenated alkanes) is 2. The largest absolute Gasteiger partial charge is 0.507 e. The number of rotatable bonds is 8. The standard InChI is InChI=1S/C20H24O4/c1-3-4-6-11-16-12-17(13-18(21)19(16)20(22)23-2)24-14-15-9-7-5-8-10-15/h5,7-10,12-13,21H,3-4,6,11,14H2,1-2H3. The number of aryl methyl sites for hydroxylation is 1. The lowest BCUT2D eigenvalue weighted by atomic mass is 10.00. The molecule has 2 rings (SSSR count). The first-order valence-corrected chi connectivity index (χ1v) is 8.26. The Morgan fingerprint density at radius 2 is 1.88 bits per heavy atom. The third kappa shape index (κ3) is 4.75. The molecule has 1 N–H and O–H groups in total. The van der Waals surface area contributed by atoms with Crippen molar-refractivity contribution < 1.29 is 19.4 Å². The zero-order valence-electron chi connectivity index (χ0n) is 14.2. The molecule has 0 radical (unpaired) electrons. The number of carbonyl (C=O) groups is 1. The lowest BCUT2D eigenvalue weighted by Gasteiger charge is -2.13. The van der Waals surface area contributed by atoms with Crippen molar-refractivity contribution in [3.05, 3.63) is 59.2 Å². The lowest BCUT2D eigenvalue weighted by molar-refractivity contribution is 0.0596. The zero-order chi connectivity index (χ0) is 17.4. The van der Waals surface area contributed by atoms with E-state index in [1.165, 1.54) is 13.2 Å². The van der Waals surface area contributed by atoms with Gasteiger partial charge in [0.1, 0.15) is 23.7 Å². The molecule has 24 heavy (non-hydrogen) atoms. The molecular formula is C20H24O4. The summed E-state index contributed by atoms with van der Waals surface area (Å²) in [5.41, 5.74) is 2.04. The number of ether oxygens (including phenoxy) is 2. The number of phenols is 1. The summed E-state index contributed by atoms with van der Waals surface area (Å²) in [7, 11) is 1.32. The average molecular weight is 328 g/mol. The van der Waals surface area contributed by atoms with Crippen LogP contribution in [0.1, 0.15) is 47.7 Å². The fourth-order valence-corrected chi connectivity index (χ4v) is 2.58. The smallest absolute Gasteiger partial charge is 0.341 e. The number of aromatic hydroxyl groups is 1. The third-order valence-corrected chi connectivity index (χ3v) is 3.86. The van der Waals surface area contributed by atoms with Crippen LogP contribution in [0.4, 0.5) is 0 Å². The summed E-state index contributed by atoms with van der Waals surface area (Å²) in [6.07, 6.45) is 3.80. The van der Waals surface area contributed by atoms with Gasteiger partial charge in [-0.15, -0.1) is 0 Å². The summed E-state index contributed by atoms with van der Waals surface area (Å²) in [6.45, 7) is 2.53. The van der Waals surface area contributed by atoms with E-state index in [0.29, 0.717) is 18.8 Å². The first-order chi connectivity index (χ1) is 11.7. The van der Waals surface area contributed by atoms with Gasteiger partial charge in [-0.1, -0.05) is 50.1 Å². The fraction of sp³-hybridized carbons (Fsp3) is 0.350. The monoisotopic (exact) mass is 328 g/mol. The van der Waals surface area contributed by atoms with Crippen molar-refractivity contribution in [1.29, 1.82) is 0 Å². The molecule has 0 saturated heterocycles. The molecule has 0 aliphatic carbocycles. The van der Waals surface area contributed by atoms with Crippen LogP contribution in [0.2, 0.25) is 0 Å². The molecule has 0 fully saturated rings. The highest BCUT2D eigenvalue weighted by Crippen LogP contribution is 2.30. The Kier molecular flexibility index (Phi) is 6.67. The van der Waals surface area contributed by atoms with E-state index in [1.54, 1.807) is 0 Å². The van der Waals surface area contributed by atoms with Crippen LogP contribution in [0.15, 0.2) is 42.5 Å². The highest BCUT2D eigenvalue weighted by Gasteiger charge is 2.18. The maximum absolute atomic E-state index is 12.0. The van der Waals surface area contributed by atoms with Gasteiger partial charge in [0.25, 0.3) is 0 Å². The van der Waals surface area contributed by atoms with Crippen molar-refractivity contribution in [2.75, 3.05) is 7.11 Å². The summed E-state index contributed by atoms with van der Waals surface area (Å²) in [4.78, 5) is 12.0. The van der Waals surface area contributed by atoms with Crippen molar-refractivity contribution in [3.63, 3.8) is 0 Å². The van der Waals surface area contributed by atoms with E-state index in [1.807, 2.05) is 36.4 Å². The van der Waals surface area contributed by atoms with Gasteiger partial charge in [0.05, 0.1) is 7.11 Å². The molecule has 0 unspecified atom stereocenters. The van der Waals surface area contributed by atoms with Gasteiger partial charge < -0.3 is 14.6 Å². The molecule has 0 atom stereocenters. The van der Waals surface area contributed by atoms with Gasteiger partial charge in [-0.3, -0.25) is 0 Å². The number of hydrogen-bond donors (Lipinski definition) is 1. The van der Waals surface area contributed by atoms with Gasteiger partial charge in [-0.25, -0.2) is 4.79 Å². The maximum Gasteiger partial charge on any atom is 0.341 e. The second-order valence-electron chi connectivity index (χ2n) is 5.70. The van der Waals surface area contributed by atoms with E-state index in [0.717, 1.165) is 30.4 Å². The van der Waals surface area contributed by atoms with Crippen molar-refractivity contribution in [1.82, 2.24) is 0 Å². The molecule has 0 aliphatic heterocycles. The second-order valence-corrected chi connectivity index (χ2v) is 5.70. The van der Waals surface area contributed by atoms with Crippen molar-refractivity contribution in [2.45, 2.75) is 39.2 Å². The second kappa shape index (κ2) is 8.96. The Morgan fingerprint density at radius 1 is 1.12 bits per heavy atom. The van der Waals surface area contributed by atoms with Crippen LogP contribution in [-0.2, 0) is 17.8 Å². The summed E-state index contributed by atoms with van der Waals surface area (Å²) in [6, 6.07) is 13.1. The Labute approximate surface area is 143 Å². The normalized spacial score (nSPS) is 10.4. The summed E-state index contributed by atoms with van der Waals surface area (Å²) in [5, 5.41) is 10.2. The topological polar surface area (TPSA) is 55.8 Å². The quantitative estimate of drug-likeness (QED) is 0.573. The third-order valence-electron chi connectivity index (χ3n) is 3.86. The highest BCUT2D eigenvalue weighted by atomic mass is 16.5. The fourth-order valence-electron chi connectivity index (χ4n) is 2.58. The van der Waals surface area contributed by atoms with E-state index >= 15 is 0 Å². The number of hydrogen-bond acceptors (Lipinski definition) is 4. The minimum Gasteiger partial charge on any atom is -0.507 e. The van der Waals surface area contributed by atoms with Crippen LogP contribution in [0.5, 0.6) is 11.5 Å². The molecule has 0 aromatic heterocycles. The van der Waals surface area contributed by atoms with Crippen molar-refractivity contribution >= 4 is 5.97 Å². The predicted octanol–water partition coefficient (Wildman–Crippen LogP) is 4.49. The van der Waals surface area contributed by atoms with Gasteiger partial charge in [-0.2, -0.15) is 0 Å². The molecule has 0 amide bonds. The van der Waals surface area contributed by atoms with Crippen LogP contribution in [0.25, 0.3) is 0 Å². The van der Waals surface area contributed by atoms with Gasteiger partial charge >= 0.3 is 5.97 Å². The SMILES string of the molecule is CCCCCc1cc(OCc2ccccc2)cc(O)c1C(=O)OC. The maximum atomic E-state index is 12.0. The summed E-state index contributed by atoms with van der Waals surface area (Å²) >= 11 is 0. The number of phenolic OH excluding ortho intramolecular Hbond substituents is 1. The van der Waals surface area contributed by atoms with E-state index in [2.05, 4.69) is 6.92 Å². The summed E-state index contributed by atoms with van der Waals surface area (Å²) < 4.78 is 10.6. The molecule has 0 heterocycles. The van der Waals surface area contributed by atoms with Gasteiger partial charge in [-0.05, 0) is 30.0 Å². The first-order valence-electron chi connectivity index (χ1n) is 8.26. The molecule has 0 bridgehead atoms. The molecule has 2 aromatic rings. The van der Waals surface area contributed by atoms with Gasteiger partial charge in [0.2, 0.25) is 0 Å². The van der Waals surface area contributed by atoms with E-state index in [-0.39, 0.29) is 11.3 Å². The van der Waals surface area contributed by atoms with Crippen molar-refractivity contribution in [3.8, 4) is 11.5 Å². The lowest BCUT2D eigenvalue weighted by Crippen LogP contribution is -2.07. The van der Waals surface area contributed by atoms with Crippen molar-refractivity contribution in [2.24, 2.45) is 0 Å². The Balaban J connectivity index is 2.21. The van der Waals surface area contributed by atoms with E-state index in [9.17, 15) is 9.90 Å². The molecule has 0 spiro atoms. The molecular weight excluding hydrogens is 304 g/mol. The molecule has 0 saturated carbocycles. The van der Waals surface area contributed by atoms with Gasteiger partial charge in [0, 0.05) is 6.07 Å². The van der Waals surface area contributed by atoms with E-state index in [4.69, 9.17) is 9.47 Å². The first kappa shape index (κ1) is 17.9. The molecule has 128 valence electrons. The number of carbonyl (C=O) groups excluding carboxylic acids is 1. The molecule has 0 aliphatic rings. The minimum atomic E-state index is -0.520. The molecule has 2 aromatic carbocycles. The van der Waals surface area contributed by atoms with Crippen LogP contribution in [-0.4, -0.2) is 18.2 Å². The van der Waals surface area contributed by atoms with Crippen LogP contribution in [0, 0.1) is 0 Å². The van der Waals surface area contributed by atoms with Crippen LogP contribution in [0.3, 0.4) is 0 Å². The number of methoxy groups -OCH3 is 1. The van der Waals surface area contributed by atoms with Gasteiger partial charge in [0.15, 0.2) is 0 Å². The Morgan fingerprint density at radius 3 is 2.54 bits per heavy atom. The van der Waals surface area contributed by atoms with Crippen LogP contribution < -0.4 is 4.74 Å². The van der Waals surface area contributed by atoms with E-state index < -0.39 is 5.97 Å². The summed E-state index contributed by atoms with van der Waals surface area (Å²) in [5.74, 6) is -0.0666. The minimum absolute atomic E-state index is 0.0982. The Bertz CT molecular complexity index is 665. The number of benzene rings is 2.